The highest BCUT2D eigenvalue weighted by molar-refractivity contribution is 7.99. The molecule has 0 aliphatic carbocycles. The smallest absolute Gasteiger partial charge is 0.238 e. The molecule has 1 aromatic carbocycles. The van der Waals surface area contributed by atoms with E-state index in [1.54, 1.807) is 0 Å². The van der Waals surface area contributed by atoms with Crippen molar-refractivity contribution in [3.8, 4) is 0 Å². The van der Waals surface area contributed by atoms with Gasteiger partial charge in [0.05, 0.1) is 6.54 Å². The minimum absolute atomic E-state index is 0. The predicted molar refractivity (Wildman–Crippen MR) is 85.6 cm³/mol. The third kappa shape index (κ3) is 4.71. The van der Waals surface area contributed by atoms with Gasteiger partial charge in [-0.05, 0) is 31.0 Å². The first-order valence-electron chi connectivity index (χ1n) is 6.33. The van der Waals surface area contributed by atoms with Gasteiger partial charge in [0, 0.05) is 30.3 Å². The van der Waals surface area contributed by atoms with Gasteiger partial charge in [0.15, 0.2) is 0 Å². The first-order chi connectivity index (χ1) is 8.66. The second-order valence-corrected chi connectivity index (χ2v) is 5.91. The molecule has 5 heteroatoms. The summed E-state index contributed by atoms with van der Waals surface area (Å²) in [7, 11) is 0. The van der Waals surface area contributed by atoms with Gasteiger partial charge in [-0.2, -0.15) is 11.8 Å². The third-order valence-corrected chi connectivity index (χ3v) is 4.29. The van der Waals surface area contributed by atoms with Crippen LogP contribution in [0.5, 0.6) is 0 Å². The zero-order chi connectivity index (χ0) is 13.0. The number of benzene rings is 1. The lowest BCUT2D eigenvalue weighted by Crippen LogP contribution is -2.38. The molecule has 1 saturated heterocycles. The van der Waals surface area contributed by atoms with Crippen molar-refractivity contribution in [2.24, 2.45) is 0 Å². The standard InChI is InChI=1S/C14H20N2OS.ClH/c1-11-4-3-5-13(12(11)2)15-14(17)10-16-6-8-18-9-7-16;/h3-5H,6-10H2,1-2H3,(H,15,17);1H. The summed E-state index contributed by atoms with van der Waals surface area (Å²) in [6.45, 7) is 6.65. The van der Waals surface area contributed by atoms with Crippen molar-refractivity contribution in [1.82, 2.24) is 4.90 Å². The average Bonchev–Trinajstić information content (AvgIpc) is 2.36. The summed E-state index contributed by atoms with van der Waals surface area (Å²) in [5.74, 6) is 2.36. The number of thioether (sulfide) groups is 1. The predicted octanol–water partition coefficient (Wildman–Crippen LogP) is 2.71. The summed E-state index contributed by atoms with van der Waals surface area (Å²) in [6.07, 6.45) is 0. The number of halogens is 1. The first-order valence-corrected chi connectivity index (χ1v) is 7.48. The Hall–Kier alpha value is -0.710. The van der Waals surface area contributed by atoms with E-state index in [-0.39, 0.29) is 18.3 Å². The first kappa shape index (κ1) is 16.3. The quantitative estimate of drug-likeness (QED) is 0.931. The molecule has 0 unspecified atom stereocenters. The van der Waals surface area contributed by atoms with Crippen LogP contribution < -0.4 is 5.32 Å². The number of nitrogens with zero attached hydrogens (tertiary/aromatic N) is 1. The summed E-state index contributed by atoms with van der Waals surface area (Å²) >= 11 is 1.96. The molecular weight excluding hydrogens is 280 g/mol. The van der Waals surface area contributed by atoms with Crippen molar-refractivity contribution >= 4 is 35.8 Å². The van der Waals surface area contributed by atoms with Gasteiger partial charge >= 0.3 is 0 Å². The average molecular weight is 301 g/mol. The monoisotopic (exact) mass is 300 g/mol. The lowest BCUT2D eigenvalue weighted by molar-refractivity contribution is -0.117. The van der Waals surface area contributed by atoms with Gasteiger partial charge in [0.25, 0.3) is 0 Å². The Kier molecular flexibility index (Phi) is 6.69. The van der Waals surface area contributed by atoms with Crippen LogP contribution >= 0.6 is 24.2 Å². The Morgan fingerprint density at radius 3 is 2.68 bits per heavy atom. The lowest BCUT2D eigenvalue weighted by atomic mass is 10.1. The zero-order valence-corrected chi connectivity index (χ0v) is 13.1. The van der Waals surface area contributed by atoms with Gasteiger partial charge in [-0.15, -0.1) is 12.4 Å². The topological polar surface area (TPSA) is 32.3 Å². The van der Waals surface area contributed by atoms with Crippen molar-refractivity contribution in [2.75, 3.05) is 36.5 Å². The van der Waals surface area contributed by atoms with Crippen LogP contribution in [0.4, 0.5) is 5.69 Å². The van der Waals surface area contributed by atoms with E-state index in [1.807, 2.05) is 30.8 Å². The number of nitrogens with one attached hydrogen (secondary N) is 1. The molecule has 19 heavy (non-hydrogen) atoms. The number of amides is 1. The highest BCUT2D eigenvalue weighted by Gasteiger charge is 2.14. The maximum Gasteiger partial charge on any atom is 0.238 e. The second-order valence-electron chi connectivity index (χ2n) is 4.68. The molecule has 0 bridgehead atoms. The molecule has 1 aliphatic heterocycles. The summed E-state index contributed by atoms with van der Waals surface area (Å²) in [4.78, 5) is 14.2. The summed E-state index contributed by atoms with van der Waals surface area (Å²) in [6, 6.07) is 6.01. The summed E-state index contributed by atoms with van der Waals surface area (Å²) in [5, 5.41) is 3.01. The number of anilines is 1. The normalized spacial score (nSPS) is 15.7. The maximum absolute atomic E-state index is 12.0. The van der Waals surface area contributed by atoms with Crippen LogP contribution in [-0.2, 0) is 4.79 Å². The Labute approximate surface area is 125 Å². The van der Waals surface area contributed by atoms with Crippen LogP contribution in [0, 0.1) is 13.8 Å². The largest absolute Gasteiger partial charge is 0.325 e. The maximum atomic E-state index is 12.0. The molecule has 1 fully saturated rings. The van der Waals surface area contributed by atoms with E-state index >= 15 is 0 Å². The van der Waals surface area contributed by atoms with Gasteiger partial charge in [-0.3, -0.25) is 9.69 Å². The Morgan fingerprint density at radius 1 is 1.32 bits per heavy atom. The Bertz CT molecular complexity index is 433. The van der Waals surface area contributed by atoms with Gasteiger partial charge in [-0.1, -0.05) is 12.1 Å². The van der Waals surface area contributed by atoms with Gasteiger partial charge in [0.2, 0.25) is 5.91 Å². The number of hydrogen-bond donors (Lipinski definition) is 1. The summed E-state index contributed by atoms with van der Waals surface area (Å²) < 4.78 is 0. The molecule has 1 aromatic rings. The van der Waals surface area contributed by atoms with Crippen molar-refractivity contribution < 1.29 is 4.79 Å². The molecule has 3 nitrogen and oxygen atoms in total. The van der Waals surface area contributed by atoms with Crippen LogP contribution in [-0.4, -0.2) is 41.9 Å². The van der Waals surface area contributed by atoms with Crippen LogP contribution in [0.2, 0.25) is 0 Å². The van der Waals surface area contributed by atoms with Crippen molar-refractivity contribution in [3.05, 3.63) is 29.3 Å². The number of rotatable bonds is 3. The molecule has 2 rings (SSSR count). The van der Waals surface area contributed by atoms with Crippen molar-refractivity contribution in [1.29, 1.82) is 0 Å². The van der Waals surface area contributed by atoms with Gasteiger partial charge < -0.3 is 5.32 Å². The Balaban J connectivity index is 0.00000180. The van der Waals surface area contributed by atoms with Gasteiger partial charge in [0.1, 0.15) is 0 Å². The molecule has 1 heterocycles. The van der Waals surface area contributed by atoms with E-state index in [9.17, 15) is 4.79 Å². The molecule has 1 amide bonds. The van der Waals surface area contributed by atoms with Crippen molar-refractivity contribution in [3.63, 3.8) is 0 Å². The second kappa shape index (κ2) is 7.78. The molecule has 0 radical (unpaired) electrons. The van der Waals surface area contributed by atoms with Crippen LogP contribution in [0.3, 0.4) is 0 Å². The van der Waals surface area contributed by atoms with Crippen LogP contribution in [0.15, 0.2) is 18.2 Å². The molecule has 0 atom stereocenters. The molecule has 0 saturated carbocycles. The highest BCUT2D eigenvalue weighted by atomic mass is 35.5. The minimum atomic E-state index is 0. The SMILES string of the molecule is Cc1cccc(NC(=O)CN2CCSCC2)c1C.Cl. The third-order valence-electron chi connectivity index (χ3n) is 3.35. The fourth-order valence-corrected chi connectivity index (χ4v) is 3.02. The van der Waals surface area contributed by atoms with E-state index < -0.39 is 0 Å². The number of carbonyl (C=O) groups is 1. The van der Waals surface area contributed by atoms with Crippen LogP contribution in [0.1, 0.15) is 11.1 Å². The van der Waals surface area contributed by atoms with E-state index in [0.29, 0.717) is 6.54 Å². The fraction of sp³-hybridized carbons (Fsp3) is 0.500. The minimum Gasteiger partial charge on any atom is -0.325 e. The van der Waals surface area contributed by atoms with E-state index in [2.05, 4.69) is 23.2 Å². The fourth-order valence-electron chi connectivity index (χ4n) is 2.04. The van der Waals surface area contributed by atoms with E-state index in [1.165, 1.54) is 5.56 Å². The lowest BCUT2D eigenvalue weighted by Gasteiger charge is -2.25. The van der Waals surface area contributed by atoms with Crippen molar-refractivity contribution in [2.45, 2.75) is 13.8 Å². The molecule has 106 valence electrons. The highest BCUT2D eigenvalue weighted by Crippen LogP contribution is 2.18. The van der Waals surface area contributed by atoms with E-state index in [4.69, 9.17) is 0 Å². The molecule has 0 spiro atoms. The summed E-state index contributed by atoms with van der Waals surface area (Å²) in [5.41, 5.74) is 3.30. The van der Waals surface area contributed by atoms with Gasteiger partial charge in [-0.25, -0.2) is 0 Å². The molecule has 1 aliphatic rings. The van der Waals surface area contributed by atoms with E-state index in [0.717, 1.165) is 35.8 Å². The number of carbonyl (C=O) groups excluding carboxylic acids is 1. The molecule has 1 N–H and O–H groups in total. The zero-order valence-electron chi connectivity index (χ0n) is 11.4. The molecular formula is C14H21ClN2OS. The molecule has 0 aromatic heterocycles. The Morgan fingerprint density at radius 2 is 2.00 bits per heavy atom. The number of aryl methyl sites for hydroxylation is 1. The van der Waals surface area contributed by atoms with Crippen LogP contribution in [0.25, 0.3) is 0 Å². The number of hydrogen-bond acceptors (Lipinski definition) is 3.